The van der Waals surface area contributed by atoms with Crippen LogP contribution in [0.1, 0.15) is 18.5 Å². The zero-order valence-corrected chi connectivity index (χ0v) is 9.52. The molecule has 0 fully saturated rings. The van der Waals surface area contributed by atoms with Gasteiger partial charge in [0.15, 0.2) is 0 Å². The van der Waals surface area contributed by atoms with Gasteiger partial charge in [0.1, 0.15) is 0 Å². The van der Waals surface area contributed by atoms with Gasteiger partial charge < -0.3 is 16.6 Å². The third kappa shape index (κ3) is 2.55. The summed E-state index contributed by atoms with van der Waals surface area (Å²) in [6.45, 7) is 1.66. The monoisotopic (exact) mass is 292 g/mol. The van der Waals surface area contributed by atoms with E-state index < -0.39 is 12.1 Å². The first-order valence-electron chi connectivity index (χ1n) is 4.01. The molecule has 0 heterocycles. The topological polar surface area (TPSA) is 72.3 Å². The molecule has 0 aromatic heterocycles. The minimum atomic E-state index is -0.583. The molecular formula is C9H13IN2O. The lowest BCUT2D eigenvalue weighted by molar-refractivity contribution is 0.164. The summed E-state index contributed by atoms with van der Waals surface area (Å²) < 4.78 is 1.07. The number of hydrogen-bond donors (Lipinski definition) is 3. The van der Waals surface area contributed by atoms with Crippen LogP contribution in [0.5, 0.6) is 0 Å². The predicted octanol–water partition coefficient (Wildman–Crippen LogP) is 1.25. The maximum Gasteiger partial charge on any atom is 0.0705 e. The summed E-state index contributed by atoms with van der Waals surface area (Å²) >= 11 is 2.19. The Morgan fingerprint density at radius 2 is 2.08 bits per heavy atom. The normalized spacial score (nSPS) is 15.4. The second kappa shape index (κ2) is 4.26. The molecule has 5 N–H and O–H groups in total. The average Bonchev–Trinajstić information content (AvgIpc) is 2.08. The molecular weight excluding hydrogens is 279 g/mol. The molecule has 0 bridgehead atoms. The van der Waals surface area contributed by atoms with Crippen molar-refractivity contribution in [3.8, 4) is 0 Å². The first-order chi connectivity index (χ1) is 6.02. The second-order valence-corrected chi connectivity index (χ2v) is 4.29. The minimum Gasteiger partial charge on any atom is -0.398 e. The molecule has 1 aromatic rings. The Morgan fingerprint density at radius 3 is 2.62 bits per heavy atom. The van der Waals surface area contributed by atoms with Crippen LogP contribution < -0.4 is 11.5 Å². The number of halogens is 1. The number of anilines is 1. The molecule has 0 amide bonds. The Kier molecular flexibility index (Phi) is 3.52. The van der Waals surface area contributed by atoms with Gasteiger partial charge in [0.05, 0.1) is 12.1 Å². The fraction of sp³-hybridized carbons (Fsp3) is 0.333. The highest BCUT2D eigenvalue weighted by atomic mass is 127. The summed E-state index contributed by atoms with van der Waals surface area (Å²) in [7, 11) is 0. The Bertz CT molecular complexity index is 302. The number of nitrogen functional groups attached to an aromatic ring is 1. The van der Waals surface area contributed by atoms with Crippen molar-refractivity contribution < 1.29 is 5.11 Å². The van der Waals surface area contributed by atoms with Crippen LogP contribution >= 0.6 is 22.6 Å². The number of benzene rings is 1. The largest absolute Gasteiger partial charge is 0.398 e. The van der Waals surface area contributed by atoms with Gasteiger partial charge in [-0.3, -0.25) is 0 Å². The van der Waals surface area contributed by atoms with E-state index >= 15 is 0 Å². The molecule has 0 aliphatic carbocycles. The van der Waals surface area contributed by atoms with Crippen LogP contribution in [0.15, 0.2) is 18.2 Å². The zero-order valence-electron chi connectivity index (χ0n) is 7.37. The molecule has 3 nitrogen and oxygen atoms in total. The molecule has 72 valence electrons. The number of rotatable bonds is 2. The molecule has 4 heteroatoms. The van der Waals surface area contributed by atoms with Gasteiger partial charge in [-0.2, -0.15) is 0 Å². The van der Waals surface area contributed by atoms with Crippen molar-refractivity contribution in [1.29, 1.82) is 0 Å². The van der Waals surface area contributed by atoms with Crippen molar-refractivity contribution in [2.75, 3.05) is 5.73 Å². The quantitative estimate of drug-likeness (QED) is 0.567. The molecule has 0 aliphatic rings. The van der Waals surface area contributed by atoms with Crippen molar-refractivity contribution in [2.24, 2.45) is 5.73 Å². The van der Waals surface area contributed by atoms with Gasteiger partial charge in [-0.25, -0.2) is 0 Å². The van der Waals surface area contributed by atoms with Crippen LogP contribution in [-0.2, 0) is 0 Å². The van der Waals surface area contributed by atoms with E-state index in [1.54, 1.807) is 13.0 Å². The van der Waals surface area contributed by atoms with E-state index in [9.17, 15) is 5.11 Å². The number of hydrogen-bond acceptors (Lipinski definition) is 3. The summed E-state index contributed by atoms with van der Waals surface area (Å²) in [5, 5.41) is 9.31. The van der Waals surface area contributed by atoms with Crippen LogP contribution in [0.2, 0.25) is 0 Å². The third-order valence-electron chi connectivity index (χ3n) is 1.93. The van der Waals surface area contributed by atoms with Crippen molar-refractivity contribution >= 4 is 28.3 Å². The van der Waals surface area contributed by atoms with E-state index in [-0.39, 0.29) is 0 Å². The standard InChI is InChI=1S/C9H13IN2O/c1-5(13)9(12)7-4-6(10)2-3-8(7)11/h2-5,9,13H,11-12H2,1H3/t5-,9+/m1/s1. The van der Waals surface area contributed by atoms with E-state index in [1.165, 1.54) is 0 Å². The van der Waals surface area contributed by atoms with Crippen molar-refractivity contribution in [3.63, 3.8) is 0 Å². The van der Waals surface area contributed by atoms with Gasteiger partial charge >= 0.3 is 0 Å². The van der Waals surface area contributed by atoms with E-state index in [2.05, 4.69) is 22.6 Å². The molecule has 0 saturated carbocycles. The van der Waals surface area contributed by atoms with E-state index in [0.717, 1.165) is 9.13 Å². The molecule has 0 saturated heterocycles. The van der Waals surface area contributed by atoms with E-state index in [1.807, 2.05) is 12.1 Å². The fourth-order valence-electron chi connectivity index (χ4n) is 1.09. The maximum atomic E-state index is 9.31. The van der Waals surface area contributed by atoms with Gasteiger partial charge in [-0.15, -0.1) is 0 Å². The molecule has 1 rings (SSSR count). The van der Waals surface area contributed by atoms with Crippen LogP contribution in [-0.4, -0.2) is 11.2 Å². The van der Waals surface area contributed by atoms with Crippen LogP contribution in [0.4, 0.5) is 5.69 Å². The van der Waals surface area contributed by atoms with Gasteiger partial charge in [0.2, 0.25) is 0 Å². The van der Waals surface area contributed by atoms with Crippen LogP contribution in [0.25, 0.3) is 0 Å². The highest BCUT2D eigenvalue weighted by Gasteiger charge is 2.14. The smallest absolute Gasteiger partial charge is 0.0705 e. The first-order valence-corrected chi connectivity index (χ1v) is 5.09. The maximum absolute atomic E-state index is 9.31. The number of aliphatic hydroxyl groups excluding tert-OH is 1. The van der Waals surface area contributed by atoms with Crippen LogP contribution in [0, 0.1) is 3.57 Å². The first kappa shape index (κ1) is 10.7. The molecule has 2 atom stereocenters. The molecule has 0 radical (unpaired) electrons. The average molecular weight is 292 g/mol. The van der Waals surface area contributed by atoms with E-state index in [0.29, 0.717) is 5.69 Å². The molecule has 0 spiro atoms. The Hall–Kier alpha value is -0.330. The van der Waals surface area contributed by atoms with Gasteiger partial charge in [-0.1, -0.05) is 0 Å². The molecule has 13 heavy (non-hydrogen) atoms. The lowest BCUT2D eigenvalue weighted by Crippen LogP contribution is -2.24. The number of aliphatic hydroxyl groups is 1. The van der Waals surface area contributed by atoms with Crippen molar-refractivity contribution in [1.82, 2.24) is 0 Å². The lowest BCUT2D eigenvalue weighted by atomic mass is 10.0. The summed E-state index contributed by atoms with van der Waals surface area (Å²) in [6, 6.07) is 5.20. The Labute approximate surface area is 91.3 Å². The summed E-state index contributed by atoms with van der Waals surface area (Å²) in [5.41, 5.74) is 12.9. The minimum absolute atomic E-state index is 0.408. The van der Waals surface area contributed by atoms with E-state index in [4.69, 9.17) is 11.5 Å². The zero-order chi connectivity index (χ0) is 10.0. The number of nitrogens with two attached hydrogens (primary N) is 2. The Balaban J connectivity index is 3.05. The van der Waals surface area contributed by atoms with Gasteiger partial charge in [-0.05, 0) is 53.3 Å². The van der Waals surface area contributed by atoms with Gasteiger partial charge in [0.25, 0.3) is 0 Å². The highest BCUT2D eigenvalue weighted by Crippen LogP contribution is 2.23. The van der Waals surface area contributed by atoms with Crippen molar-refractivity contribution in [2.45, 2.75) is 19.1 Å². The fourth-order valence-corrected chi connectivity index (χ4v) is 1.61. The summed E-state index contributed by atoms with van der Waals surface area (Å²) in [6.07, 6.45) is -0.583. The second-order valence-electron chi connectivity index (χ2n) is 3.04. The molecule has 0 unspecified atom stereocenters. The third-order valence-corrected chi connectivity index (χ3v) is 2.60. The van der Waals surface area contributed by atoms with Gasteiger partial charge in [0, 0.05) is 9.26 Å². The highest BCUT2D eigenvalue weighted by molar-refractivity contribution is 14.1. The Morgan fingerprint density at radius 1 is 1.46 bits per heavy atom. The summed E-state index contributed by atoms with van der Waals surface area (Å²) in [5.74, 6) is 0. The predicted molar refractivity (Wildman–Crippen MR) is 62.2 cm³/mol. The lowest BCUT2D eigenvalue weighted by Gasteiger charge is -2.17. The molecule has 1 aromatic carbocycles. The molecule has 0 aliphatic heterocycles. The van der Waals surface area contributed by atoms with Crippen molar-refractivity contribution in [3.05, 3.63) is 27.3 Å². The van der Waals surface area contributed by atoms with Crippen LogP contribution in [0.3, 0.4) is 0 Å². The SMILES string of the molecule is C[C@@H](O)[C@H](N)c1cc(I)ccc1N. The summed E-state index contributed by atoms with van der Waals surface area (Å²) in [4.78, 5) is 0.